The van der Waals surface area contributed by atoms with Crippen LogP contribution < -0.4 is 9.47 Å². The summed E-state index contributed by atoms with van der Waals surface area (Å²) in [6, 6.07) is 14.4. The number of methoxy groups -OCH3 is 1. The van der Waals surface area contributed by atoms with Gasteiger partial charge in [0.05, 0.1) is 18.1 Å². The van der Waals surface area contributed by atoms with Crippen molar-refractivity contribution in [1.29, 1.82) is 0 Å². The van der Waals surface area contributed by atoms with Crippen molar-refractivity contribution in [1.82, 2.24) is 9.55 Å². The van der Waals surface area contributed by atoms with Gasteiger partial charge in [0, 0.05) is 6.04 Å². The summed E-state index contributed by atoms with van der Waals surface area (Å²) in [6.45, 7) is 6.70. The van der Waals surface area contributed by atoms with Crippen LogP contribution in [0.1, 0.15) is 38.2 Å². The second-order valence-corrected chi connectivity index (χ2v) is 6.18. The Labute approximate surface area is 148 Å². The van der Waals surface area contributed by atoms with Crippen LogP contribution in [0.4, 0.5) is 0 Å². The zero-order valence-corrected chi connectivity index (χ0v) is 15.2. The molecule has 0 aliphatic carbocycles. The Morgan fingerprint density at radius 2 is 1.92 bits per heavy atom. The molecule has 130 valence electrons. The second-order valence-electron chi connectivity index (χ2n) is 6.18. The Hall–Kier alpha value is -2.75. The van der Waals surface area contributed by atoms with Gasteiger partial charge >= 0.3 is 0 Å². The van der Waals surface area contributed by atoms with E-state index in [0.717, 1.165) is 33.9 Å². The summed E-state index contributed by atoms with van der Waals surface area (Å²) in [7, 11) is 1.66. The average molecular weight is 336 g/mol. The van der Waals surface area contributed by atoms with E-state index in [4.69, 9.17) is 14.5 Å². The third-order valence-electron chi connectivity index (χ3n) is 4.09. The van der Waals surface area contributed by atoms with E-state index in [1.165, 1.54) is 0 Å². The molecule has 3 aromatic rings. The number of allylic oxidation sites excluding steroid dienone is 1. The second kappa shape index (κ2) is 7.43. The van der Waals surface area contributed by atoms with Gasteiger partial charge in [-0.2, -0.15) is 0 Å². The van der Waals surface area contributed by atoms with Gasteiger partial charge in [-0.05, 0) is 50.6 Å². The third kappa shape index (κ3) is 3.53. The van der Waals surface area contributed by atoms with E-state index in [9.17, 15) is 0 Å². The molecule has 0 saturated heterocycles. The van der Waals surface area contributed by atoms with E-state index in [1.807, 2.05) is 55.5 Å². The highest BCUT2D eigenvalue weighted by molar-refractivity contribution is 5.76. The maximum Gasteiger partial charge on any atom is 0.161 e. The Balaban J connectivity index is 1.89. The minimum Gasteiger partial charge on any atom is -0.493 e. The van der Waals surface area contributed by atoms with Crippen molar-refractivity contribution in [3.63, 3.8) is 0 Å². The number of fused-ring (bicyclic) bond motifs is 1. The van der Waals surface area contributed by atoms with Crippen molar-refractivity contribution in [2.45, 2.75) is 33.4 Å². The fraction of sp³-hybridized carbons (Fsp3) is 0.286. The van der Waals surface area contributed by atoms with E-state index in [1.54, 1.807) is 7.11 Å². The lowest BCUT2D eigenvalue weighted by atomic mass is 10.2. The standard InChI is InChI=1S/C21H24N2O2/c1-5-8-16-11-12-19(20(13-16)24-4)25-14-21-22-17-9-6-7-10-18(17)23(21)15(2)3/h5-13,15H,14H2,1-4H3/b8-5-. The molecule has 0 aliphatic heterocycles. The summed E-state index contributed by atoms with van der Waals surface area (Å²) >= 11 is 0. The van der Waals surface area contributed by atoms with Crippen molar-refractivity contribution < 1.29 is 9.47 Å². The van der Waals surface area contributed by atoms with Gasteiger partial charge in [0.2, 0.25) is 0 Å². The molecule has 25 heavy (non-hydrogen) atoms. The molecule has 0 aliphatic rings. The molecule has 0 spiro atoms. The van der Waals surface area contributed by atoms with Gasteiger partial charge < -0.3 is 14.0 Å². The maximum absolute atomic E-state index is 6.04. The van der Waals surface area contributed by atoms with Crippen molar-refractivity contribution in [2.24, 2.45) is 0 Å². The molecule has 1 aromatic heterocycles. The van der Waals surface area contributed by atoms with Crippen LogP contribution in [0.2, 0.25) is 0 Å². The van der Waals surface area contributed by atoms with Gasteiger partial charge in [-0.1, -0.05) is 30.4 Å². The Morgan fingerprint density at radius 3 is 2.64 bits per heavy atom. The molecule has 0 fully saturated rings. The number of benzene rings is 2. The van der Waals surface area contributed by atoms with E-state index >= 15 is 0 Å². The molecular formula is C21H24N2O2. The third-order valence-corrected chi connectivity index (χ3v) is 4.09. The first-order chi connectivity index (χ1) is 12.1. The van der Waals surface area contributed by atoms with E-state index < -0.39 is 0 Å². The van der Waals surface area contributed by atoms with Crippen LogP contribution in [0.5, 0.6) is 11.5 Å². The summed E-state index contributed by atoms with van der Waals surface area (Å²) in [6.07, 6.45) is 4.03. The molecule has 1 heterocycles. The van der Waals surface area contributed by atoms with Gasteiger partial charge in [-0.15, -0.1) is 0 Å². The molecule has 0 atom stereocenters. The number of rotatable bonds is 6. The van der Waals surface area contributed by atoms with Crippen LogP contribution in [0, 0.1) is 0 Å². The molecule has 4 nitrogen and oxygen atoms in total. The van der Waals surface area contributed by atoms with Gasteiger partial charge in [0.1, 0.15) is 12.4 Å². The lowest BCUT2D eigenvalue weighted by Crippen LogP contribution is -2.09. The molecule has 0 N–H and O–H groups in total. The molecule has 0 amide bonds. The van der Waals surface area contributed by atoms with Crippen LogP contribution >= 0.6 is 0 Å². The highest BCUT2D eigenvalue weighted by atomic mass is 16.5. The summed E-state index contributed by atoms with van der Waals surface area (Å²) in [5.41, 5.74) is 3.21. The zero-order chi connectivity index (χ0) is 17.8. The summed E-state index contributed by atoms with van der Waals surface area (Å²) in [4.78, 5) is 4.74. The van der Waals surface area contributed by atoms with Crippen molar-refractivity contribution in [2.75, 3.05) is 7.11 Å². The Kier molecular flexibility index (Phi) is 5.08. The lowest BCUT2D eigenvalue weighted by molar-refractivity contribution is 0.270. The lowest BCUT2D eigenvalue weighted by Gasteiger charge is -2.15. The van der Waals surface area contributed by atoms with Crippen molar-refractivity contribution in [3.8, 4) is 11.5 Å². The van der Waals surface area contributed by atoms with Crippen LogP contribution in [0.25, 0.3) is 17.1 Å². The molecule has 0 radical (unpaired) electrons. The Morgan fingerprint density at radius 1 is 1.12 bits per heavy atom. The number of hydrogen-bond donors (Lipinski definition) is 0. The monoisotopic (exact) mass is 336 g/mol. The first kappa shape index (κ1) is 17.1. The molecule has 0 unspecified atom stereocenters. The fourth-order valence-corrected chi connectivity index (χ4v) is 3.01. The molecule has 0 bridgehead atoms. The normalized spacial score (nSPS) is 11.6. The molecule has 2 aromatic carbocycles. The molecule has 3 rings (SSSR count). The number of aromatic nitrogens is 2. The summed E-state index contributed by atoms with van der Waals surface area (Å²) in [5, 5.41) is 0. The zero-order valence-electron chi connectivity index (χ0n) is 15.2. The van der Waals surface area contributed by atoms with Crippen molar-refractivity contribution >= 4 is 17.1 Å². The van der Waals surface area contributed by atoms with Gasteiger partial charge in [0.15, 0.2) is 11.5 Å². The summed E-state index contributed by atoms with van der Waals surface area (Å²) < 4.78 is 13.7. The molecular weight excluding hydrogens is 312 g/mol. The average Bonchev–Trinajstić information content (AvgIpc) is 2.99. The maximum atomic E-state index is 6.04. The van der Waals surface area contributed by atoms with Gasteiger partial charge in [-0.3, -0.25) is 0 Å². The fourth-order valence-electron chi connectivity index (χ4n) is 3.01. The van der Waals surface area contributed by atoms with Crippen LogP contribution in [-0.4, -0.2) is 16.7 Å². The predicted octanol–water partition coefficient (Wildman–Crippen LogP) is 5.24. The number of imidazole rings is 1. The number of nitrogens with zero attached hydrogens (tertiary/aromatic N) is 2. The smallest absolute Gasteiger partial charge is 0.161 e. The largest absolute Gasteiger partial charge is 0.493 e. The topological polar surface area (TPSA) is 36.3 Å². The highest BCUT2D eigenvalue weighted by Gasteiger charge is 2.14. The first-order valence-electron chi connectivity index (χ1n) is 8.53. The first-order valence-corrected chi connectivity index (χ1v) is 8.53. The number of para-hydroxylation sites is 2. The predicted molar refractivity (Wildman–Crippen MR) is 102 cm³/mol. The molecule has 0 saturated carbocycles. The van der Waals surface area contributed by atoms with Crippen LogP contribution in [-0.2, 0) is 6.61 Å². The summed E-state index contributed by atoms with van der Waals surface area (Å²) in [5.74, 6) is 2.36. The number of hydrogen-bond acceptors (Lipinski definition) is 3. The molecule has 4 heteroatoms. The minimum absolute atomic E-state index is 0.310. The van der Waals surface area contributed by atoms with E-state index in [-0.39, 0.29) is 0 Å². The van der Waals surface area contributed by atoms with Gasteiger partial charge in [-0.25, -0.2) is 4.98 Å². The number of ether oxygens (including phenoxy) is 2. The van der Waals surface area contributed by atoms with Crippen LogP contribution in [0.15, 0.2) is 48.5 Å². The van der Waals surface area contributed by atoms with Gasteiger partial charge in [0.25, 0.3) is 0 Å². The van der Waals surface area contributed by atoms with E-state index in [0.29, 0.717) is 12.6 Å². The van der Waals surface area contributed by atoms with Crippen molar-refractivity contribution in [3.05, 3.63) is 59.9 Å². The highest BCUT2D eigenvalue weighted by Crippen LogP contribution is 2.30. The van der Waals surface area contributed by atoms with E-state index in [2.05, 4.69) is 24.5 Å². The quantitative estimate of drug-likeness (QED) is 0.618. The van der Waals surface area contributed by atoms with Crippen LogP contribution in [0.3, 0.4) is 0 Å². The SMILES string of the molecule is C/C=C\c1ccc(OCc2nc3ccccc3n2C(C)C)c(OC)c1. The minimum atomic E-state index is 0.310. The Bertz CT molecular complexity index is 894.